The van der Waals surface area contributed by atoms with Crippen molar-refractivity contribution in [1.29, 1.82) is 0 Å². The number of anilines is 1. The van der Waals surface area contributed by atoms with Crippen molar-refractivity contribution in [2.45, 2.75) is 51.4 Å². The van der Waals surface area contributed by atoms with Gasteiger partial charge in [-0.25, -0.2) is 4.98 Å². The maximum atomic E-state index is 12.7. The fraction of sp³-hybridized carbons (Fsp3) is 0.538. The number of amides is 1. The highest BCUT2D eigenvalue weighted by molar-refractivity contribution is 6.30. The quantitative estimate of drug-likeness (QED) is 0.571. The van der Waals surface area contributed by atoms with Gasteiger partial charge in [0.15, 0.2) is 11.5 Å². The molecule has 35 heavy (non-hydrogen) atoms. The number of methoxy groups -OCH3 is 1. The topological polar surface area (TPSA) is 95.4 Å². The molecule has 1 amide bonds. The van der Waals surface area contributed by atoms with Gasteiger partial charge in [-0.2, -0.15) is 0 Å². The van der Waals surface area contributed by atoms with E-state index in [1.165, 1.54) is 0 Å². The molecule has 2 aliphatic rings. The van der Waals surface area contributed by atoms with E-state index in [9.17, 15) is 15.0 Å². The number of carbonyl (C=O) groups excluding carboxylic acids is 1. The van der Waals surface area contributed by atoms with Gasteiger partial charge < -0.3 is 29.5 Å². The molecule has 1 aromatic heterocycles. The molecule has 4 rings (SSSR count). The summed E-state index contributed by atoms with van der Waals surface area (Å²) >= 11 is 5.93. The molecular formula is C26H34ClN3O5. The van der Waals surface area contributed by atoms with Crippen molar-refractivity contribution in [2.75, 3.05) is 38.2 Å². The largest absolute Gasteiger partial charge is 0.493 e. The zero-order valence-electron chi connectivity index (χ0n) is 20.6. The molecule has 2 aliphatic heterocycles. The van der Waals surface area contributed by atoms with E-state index < -0.39 is 17.6 Å². The molecule has 2 saturated heterocycles. The molecule has 0 spiro atoms. The smallest absolute Gasteiger partial charge is 0.251 e. The summed E-state index contributed by atoms with van der Waals surface area (Å²) in [5, 5.41) is 21.4. The molecule has 0 unspecified atom stereocenters. The van der Waals surface area contributed by atoms with Crippen LogP contribution >= 0.6 is 11.6 Å². The van der Waals surface area contributed by atoms with Crippen LogP contribution in [0, 0.1) is 5.41 Å². The summed E-state index contributed by atoms with van der Waals surface area (Å²) in [7, 11) is 1.61. The summed E-state index contributed by atoms with van der Waals surface area (Å²) in [6, 6.07) is 9.50. The fourth-order valence-corrected chi connectivity index (χ4v) is 5.03. The van der Waals surface area contributed by atoms with Crippen molar-refractivity contribution in [3.05, 3.63) is 47.1 Å². The Morgan fingerprint density at radius 2 is 1.97 bits per heavy atom. The number of hydrogen-bond donors (Lipinski definition) is 2. The van der Waals surface area contributed by atoms with Gasteiger partial charge in [-0.3, -0.25) is 4.79 Å². The maximum Gasteiger partial charge on any atom is 0.251 e. The number of likely N-dealkylation sites (tertiary alicyclic amines) is 1. The lowest BCUT2D eigenvalue weighted by Gasteiger charge is -2.40. The van der Waals surface area contributed by atoms with Crippen LogP contribution in [0.15, 0.2) is 36.5 Å². The Balaban J connectivity index is 1.52. The second-order valence-corrected chi connectivity index (χ2v) is 10.2. The zero-order valence-corrected chi connectivity index (χ0v) is 21.4. The van der Waals surface area contributed by atoms with Crippen LogP contribution in [-0.4, -0.2) is 77.6 Å². The number of hydrogen-bond acceptors (Lipinski definition) is 7. The predicted octanol–water partition coefficient (Wildman–Crippen LogP) is 3.10. The van der Waals surface area contributed by atoms with Crippen LogP contribution in [0.2, 0.25) is 5.02 Å². The second kappa shape index (κ2) is 10.2. The Morgan fingerprint density at radius 3 is 2.57 bits per heavy atom. The minimum absolute atomic E-state index is 0.0267. The number of aliphatic hydroxyl groups excluding tert-OH is 2. The second-order valence-electron chi connectivity index (χ2n) is 9.77. The highest BCUT2D eigenvalue weighted by Crippen LogP contribution is 2.47. The Morgan fingerprint density at radius 1 is 1.23 bits per heavy atom. The molecular weight excluding hydrogens is 470 g/mol. The predicted molar refractivity (Wildman–Crippen MR) is 134 cm³/mol. The zero-order chi connectivity index (χ0) is 25.3. The third-order valence-corrected chi connectivity index (χ3v) is 7.66. The summed E-state index contributed by atoms with van der Waals surface area (Å²) < 4.78 is 11.9. The molecule has 190 valence electrons. The average molecular weight is 504 g/mol. The molecule has 2 N–H and O–H groups in total. The summed E-state index contributed by atoms with van der Waals surface area (Å²) in [6.45, 7) is 7.69. The molecule has 8 nitrogen and oxygen atoms in total. The van der Waals surface area contributed by atoms with E-state index in [1.54, 1.807) is 32.1 Å². The molecule has 0 saturated carbocycles. The third kappa shape index (κ3) is 5.06. The van der Waals surface area contributed by atoms with E-state index in [4.69, 9.17) is 21.1 Å². The van der Waals surface area contributed by atoms with Crippen molar-refractivity contribution in [2.24, 2.45) is 5.41 Å². The third-order valence-electron chi connectivity index (χ3n) is 7.44. The van der Waals surface area contributed by atoms with Crippen LogP contribution in [0.3, 0.4) is 0 Å². The molecule has 2 fully saturated rings. The highest BCUT2D eigenvalue weighted by Gasteiger charge is 2.49. The number of ether oxygens (including phenoxy) is 2. The number of carbonyl (C=O) groups is 1. The van der Waals surface area contributed by atoms with Crippen molar-refractivity contribution in [3.63, 3.8) is 0 Å². The van der Waals surface area contributed by atoms with Crippen molar-refractivity contribution < 1.29 is 24.5 Å². The number of rotatable bonds is 8. The molecule has 4 atom stereocenters. The van der Waals surface area contributed by atoms with Crippen molar-refractivity contribution >= 4 is 23.3 Å². The first-order chi connectivity index (χ1) is 16.7. The summed E-state index contributed by atoms with van der Waals surface area (Å²) in [5.41, 5.74) is 0.392. The van der Waals surface area contributed by atoms with Gasteiger partial charge in [-0.15, -0.1) is 0 Å². The van der Waals surface area contributed by atoms with Crippen molar-refractivity contribution in [3.8, 4) is 11.5 Å². The number of nitrogens with zero attached hydrogens (tertiary/aromatic N) is 3. The molecule has 0 radical (unpaired) electrons. The van der Waals surface area contributed by atoms with E-state index in [0.29, 0.717) is 49.1 Å². The minimum atomic E-state index is -1.03. The van der Waals surface area contributed by atoms with E-state index >= 15 is 0 Å². The van der Waals surface area contributed by atoms with Crippen LogP contribution in [-0.2, 0) is 4.79 Å². The molecule has 0 aliphatic carbocycles. The van der Waals surface area contributed by atoms with Crippen molar-refractivity contribution in [1.82, 2.24) is 9.88 Å². The van der Waals surface area contributed by atoms with Gasteiger partial charge in [0, 0.05) is 30.6 Å². The average Bonchev–Trinajstić information content (AvgIpc) is 3.19. The van der Waals surface area contributed by atoms with Gasteiger partial charge in [0.2, 0.25) is 0 Å². The summed E-state index contributed by atoms with van der Waals surface area (Å²) in [5.74, 6) is 1.69. The number of pyridine rings is 1. The van der Waals surface area contributed by atoms with E-state index in [2.05, 4.69) is 9.88 Å². The van der Waals surface area contributed by atoms with Gasteiger partial charge in [-0.1, -0.05) is 31.5 Å². The number of aliphatic hydroxyl groups is 2. The minimum Gasteiger partial charge on any atom is -0.493 e. The molecule has 3 heterocycles. The first-order valence-electron chi connectivity index (χ1n) is 12.0. The summed E-state index contributed by atoms with van der Waals surface area (Å²) in [6.07, 6.45) is 0.282. The van der Waals surface area contributed by atoms with E-state index in [-0.39, 0.29) is 17.9 Å². The SMILES string of the molecule is CC[C@H](O)C(=O)N1C[C@@H](c2ccc(OC)c(OC3CN(c4ccc(Cl)cn4)C3)c2)[C@](C)([C@@H](C)O)C1. The van der Waals surface area contributed by atoms with E-state index in [0.717, 1.165) is 11.4 Å². The number of halogens is 1. The maximum absolute atomic E-state index is 12.7. The Labute approximate surface area is 211 Å². The summed E-state index contributed by atoms with van der Waals surface area (Å²) in [4.78, 5) is 20.9. The van der Waals surface area contributed by atoms with Crippen LogP contribution in [0.25, 0.3) is 0 Å². The lowest BCUT2D eigenvalue weighted by Crippen LogP contribution is -2.54. The van der Waals surface area contributed by atoms with Gasteiger partial charge in [0.05, 0.1) is 31.3 Å². The van der Waals surface area contributed by atoms with Crippen LogP contribution in [0.4, 0.5) is 5.82 Å². The first kappa shape index (κ1) is 25.5. The monoisotopic (exact) mass is 503 g/mol. The van der Waals surface area contributed by atoms with Crippen LogP contribution in [0.5, 0.6) is 11.5 Å². The Hall–Kier alpha value is -2.55. The first-order valence-corrected chi connectivity index (χ1v) is 12.4. The van der Waals surface area contributed by atoms with Crippen LogP contribution in [0.1, 0.15) is 38.7 Å². The standard InChI is InChI=1S/C26H34ClN3O5/c1-5-21(32)25(33)30-14-20(26(3,15-30)16(2)31)17-6-8-22(34-4)23(10-17)35-19-12-29(13-19)24-9-7-18(27)11-28-24/h6-11,16,19-21,31-32H,5,12-15H2,1-4H3/t16-,20+,21+,26+/m1/s1. The highest BCUT2D eigenvalue weighted by atomic mass is 35.5. The number of aromatic nitrogens is 1. The Kier molecular flexibility index (Phi) is 7.45. The lowest BCUT2D eigenvalue weighted by molar-refractivity contribution is -0.139. The molecule has 9 heteroatoms. The normalized spacial score (nSPS) is 24.1. The van der Waals surface area contributed by atoms with Gasteiger partial charge >= 0.3 is 0 Å². The fourth-order valence-electron chi connectivity index (χ4n) is 4.91. The molecule has 1 aromatic carbocycles. The lowest BCUT2D eigenvalue weighted by atomic mass is 9.72. The number of benzene rings is 1. The van der Waals surface area contributed by atoms with Crippen LogP contribution < -0.4 is 14.4 Å². The van der Waals surface area contributed by atoms with Gasteiger partial charge in [-0.05, 0) is 43.2 Å². The van der Waals surface area contributed by atoms with Gasteiger partial charge in [0.25, 0.3) is 5.91 Å². The Bertz CT molecular complexity index is 1040. The molecule has 2 aromatic rings. The van der Waals surface area contributed by atoms with E-state index in [1.807, 2.05) is 37.3 Å². The van der Waals surface area contributed by atoms with Gasteiger partial charge in [0.1, 0.15) is 18.0 Å². The molecule has 0 bridgehead atoms.